The number of aromatic hydroxyl groups is 1. The molecule has 18 heavy (non-hydrogen) atoms. The Hall–Kier alpha value is -2.56. The van der Waals surface area contributed by atoms with Crippen LogP contribution in [0.1, 0.15) is 5.56 Å². The fraction of sp³-hybridized carbons (Fsp3) is 0.0769. The average Bonchev–Trinajstić information content (AvgIpc) is 2.34. The van der Waals surface area contributed by atoms with Crippen LogP contribution in [0.15, 0.2) is 42.5 Å². The van der Waals surface area contributed by atoms with Crippen molar-refractivity contribution >= 4 is 18.0 Å². The highest BCUT2D eigenvalue weighted by Crippen LogP contribution is 2.13. The number of phenols is 1. The number of carbonyl (C=O) groups is 2. The number of esters is 1. The van der Waals surface area contributed by atoms with Crippen LogP contribution >= 0.6 is 0 Å². The number of phenolic OH excluding ortho intramolecular Hbond substituents is 1. The second-order valence-electron chi connectivity index (χ2n) is 3.34. The monoisotopic (exact) mass is 248 g/mol. The quantitative estimate of drug-likeness (QED) is 0.272. The first-order chi connectivity index (χ1) is 8.54. The molecule has 1 aromatic carbocycles. The van der Waals surface area contributed by atoms with Crippen molar-refractivity contribution in [2.75, 3.05) is 6.61 Å². The third-order valence-corrected chi connectivity index (χ3v) is 1.99. The van der Waals surface area contributed by atoms with Crippen LogP contribution < -0.4 is 0 Å². The van der Waals surface area contributed by atoms with Crippen LogP contribution in [0.4, 0.5) is 0 Å². The lowest BCUT2D eigenvalue weighted by Crippen LogP contribution is -2.15. The van der Waals surface area contributed by atoms with Gasteiger partial charge in [-0.3, -0.25) is 0 Å². The van der Waals surface area contributed by atoms with Gasteiger partial charge in [0.1, 0.15) is 17.9 Å². The molecule has 0 aliphatic carbocycles. The van der Waals surface area contributed by atoms with Gasteiger partial charge in [0.15, 0.2) is 0 Å². The Morgan fingerprint density at radius 1 is 1.28 bits per heavy atom. The highest BCUT2D eigenvalue weighted by Gasteiger charge is 2.18. The number of rotatable bonds is 5. The zero-order valence-corrected chi connectivity index (χ0v) is 9.50. The lowest BCUT2D eigenvalue weighted by Gasteiger charge is -2.03. The molecule has 0 atom stereocenters. The third kappa shape index (κ3) is 3.79. The zero-order chi connectivity index (χ0) is 13.5. The summed E-state index contributed by atoms with van der Waals surface area (Å²) in [7, 11) is 0. The minimum Gasteiger partial charge on any atom is -0.508 e. The maximum atomic E-state index is 11.4. The van der Waals surface area contributed by atoms with Gasteiger partial charge in [-0.2, -0.15) is 0 Å². The topological polar surface area (TPSA) is 83.8 Å². The van der Waals surface area contributed by atoms with E-state index in [1.807, 2.05) is 0 Å². The summed E-state index contributed by atoms with van der Waals surface area (Å²) in [5.74, 6) is -2.26. The fourth-order valence-corrected chi connectivity index (χ4v) is 1.16. The van der Waals surface area contributed by atoms with Crippen molar-refractivity contribution < 1.29 is 24.5 Å². The van der Waals surface area contributed by atoms with Crippen LogP contribution in [0, 0.1) is 0 Å². The lowest BCUT2D eigenvalue weighted by atomic mass is 10.1. The zero-order valence-electron chi connectivity index (χ0n) is 9.50. The van der Waals surface area contributed by atoms with Crippen LogP contribution in [0.3, 0.4) is 0 Å². The molecule has 2 N–H and O–H groups in total. The number of benzene rings is 1. The number of hydrogen-bond donors (Lipinski definition) is 2. The summed E-state index contributed by atoms with van der Waals surface area (Å²) >= 11 is 0. The molecule has 0 saturated carbocycles. The minimum atomic E-state index is -1.38. The molecule has 5 heteroatoms. The molecule has 0 fully saturated rings. The molecule has 0 spiro atoms. The Labute approximate surface area is 104 Å². The summed E-state index contributed by atoms with van der Waals surface area (Å²) < 4.78 is 4.66. The van der Waals surface area contributed by atoms with Crippen molar-refractivity contribution in [3.05, 3.63) is 48.1 Å². The first-order valence-corrected chi connectivity index (χ1v) is 5.06. The van der Waals surface area contributed by atoms with Crippen LogP contribution in [0.25, 0.3) is 6.08 Å². The summed E-state index contributed by atoms with van der Waals surface area (Å²) in [6.07, 6.45) is 2.52. The fourth-order valence-electron chi connectivity index (χ4n) is 1.16. The molecule has 0 aliphatic heterocycles. The van der Waals surface area contributed by atoms with Gasteiger partial charge in [-0.05, 0) is 23.8 Å². The molecule has 0 aliphatic rings. The number of carboxylic acids is 1. The van der Waals surface area contributed by atoms with Crippen molar-refractivity contribution in [2.24, 2.45) is 0 Å². The number of carboxylic acid groups (broad SMARTS) is 1. The molecule has 0 radical (unpaired) electrons. The van der Waals surface area contributed by atoms with Crippen molar-refractivity contribution in [2.45, 2.75) is 0 Å². The molecule has 0 saturated heterocycles. The van der Waals surface area contributed by atoms with Crippen molar-refractivity contribution in [3.63, 3.8) is 0 Å². The molecule has 0 unspecified atom stereocenters. The highest BCUT2D eigenvalue weighted by molar-refractivity contribution is 6.17. The molecule has 0 amide bonds. The predicted octanol–water partition coefficient (Wildman–Crippen LogP) is 1.59. The summed E-state index contributed by atoms with van der Waals surface area (Å²) in [5.41, 5.74) is -0.0108. The number of aliphatic carboxylic acids is 1. The Bertz CT molecular complexity index is 485. The molecule has 1 rings (SSSR count). The van der Waals surface area contributed by atoms with E-state index in [0.717, 1.165) is 0 Å². The first kappa shape index (κ1) is 13.5. The van der Waals surface area contributed by atoms with Gasteiger partial charge in [-0.15, -0.1) is 0 Å². The van der Waals surface area contributed by atoms with E-state index in [1.165, 1.54) is 36.4 Å². The lowest BCUT2D eigenvalue weighted by molar-refractivity contribution is -0.143. The van der Waals surface area contributed by atoms with Crippen molar-refractivity contribution in [1.29, 1.82) is 0 Å². The van der Waals surface area contributed by atoms with E-state index < -0.39 is 17.5 Å². The molecular weight excluding hydrogens is 236 g/mol. The third-order valence-electron chi connectivity index (χ3n) is 1.99. The first-order valence-electron chi connectivity index (χ1n) is 5.06. The Morgan fingerprint density at radius 2 is 1.89 bits per heavy atom. The van der Waals surface area contributed by atoms with Gasteiger partial charge >= 0.3 is 11.9 Å². The Balaban J connectivity index is 2.97. The van der Waals surface area contributed by atoms with Gasteiger partial charge in [0.05, 0.1) is 0 Å². The SMILES string of the molecule is C=CCOC(=O)C(=Cc1ccc(O)cc1)C(=O)O. The van der Waals surface area contributed by atoms with Crippen LogP contribution in [-0.4, -0.2) is 28.8 Å². The predicted molar refractivity (Wildman–Crippen MR) is 64.9 cm³/mol. The van der Waals surface area contributed by atoms with E-state index in [0.29, 0.717) is 5.56 Å². The summed E-state index contributed by atoms with van der Waals surface area (Å²) in [4.78, 5) is 22.4. The number of hydrogen-bond acceptors (Lipinski definition) is 4. The smallest absolute Gasteiger partial charge is 0.345 e. The van der Waals surface area contributed by atoms with Crippen molar-refractivity contribution in [1.82, 2.24) is 0 Å². The Morgan fingerprint density at radius 3 is 2.39 bits per heavy atom. The van der Waals surface area contributed by atoms with Gasteiger partial charge < -0.3 is 14.9 Å². The van der Waals surface area contributed by atoms with Gasteiger partial charge in [0.25, 0.3) is 0 Å². The maximum absolute atomic E-state index is 11.4. The van der Waals surface area contributed by atoms with Gasteiger partial charge in [-0.1, -0.05) is 24.8 Å². The summed E-state index contributed by atoms with van der Waals surface area (Å²) in [5, 5.41) is 18.0. The van der Waals surface area contributed by atoms with Crippen LogP contribution in [-0.2, 0) is 14.3 Å². The van der Waals surface area contributed by atoms with E-state index in [1.54, 1.807) is 0 Å². The Kier molecular flexibility index (Phi) is 4.68. The van der Waals surface area contributed by atoms with Gasteiger partial charge in [0, 0.05) is 0 Å². The van der Waals surface area contributed by atoms with Crippen LogP contribution in [0.2, 0.25) is 0 Å². The molecule has 5 nitrogen and oxygen atoms in total. The van der Waals surface area contributed by atoms with Gasteiger partial charge in [0.2, 0.25) is 0 Å². The molecule has 0 bridgehead atoms. The van der Waals surface area contributed by atoms with Crippen LogP contribution in [0.5, 0.6) is 5.75 Å². The molecule has 94 valence electrons. The molecule has 0 heterocycles. The standard InChI is InChI=1S/C13H12O5/c1-2-7-18-13(17)11(12(15)16)8-9-3-5-10(14)6-4-9/h2-6,8,14H,1,7H2,(H,15,16). The van der Waals surface area contributed by atoms with E-state index in [9.17, 15) is 9.59 Å². The van der Waals surface area contributed by atoms with E-state index in [-0.39, 0.29) is 12.4 Å². The minimum absolute atomic E-state index is 0.0539. The molecule has 0 aromatic heterocycles. The highest BCUT2D eigenvalue weighted by atomic mass is 16.5. The summed E-state index contributed by atoms with van der Waals surface area (Å²) in [6, 6.07) is 5.75. The second-order valence-corrected chi connectivity index (χ2v) is 3.34. The maximum Gasteiger partial charge on any atom is 0.345 e. The second kappa shape index (κ2) is 6.24. The largest absolute Gasteiger partial charge is 0.508 e. The van der Waals surface area contributed by atoms with E-state index in [2.05, 4.69) is 11.3 Å². The van der Waals surface area contributed by atoms with Crippen molar-refractivity contribution in [3.8, 4) is 5.75 Å². The van der Waals surface area contributed by atoms with E-state index >= 15 is 0 Å². The van der Waals surface area contributed by atoms with Gasteiger partial charge in [-0.25, -0.2) is 9.59 Å². The number of ether oxygens (including phenoxy) is 1. The average molecular weight is 248 g/mol. The normalized spacial score (nSPS) is 10.8. The summed E-state index contributed by atoms with van der Waals surface area (Å²) in [6.45, 7) is 3.30. The van der Waals surface area contributed by atoms with E-state index in [4.69, 9.17) is 10.2 Å². The molecule has 1 aromatic rings. The number of carbonyl (C=O) groups excluding carboxylic acids is 1. The molecular formula is C13H12O5.